The summed E-state index contributed by atoms with van der Waals surface area (Å²) in [4.78, 5) is 20.9. The van der Waals surface area contributed by atoms with E-state index in [-0.39, 0.29) is 17.8 Å². The van der Waals surface area contributed by atoms with Gasteiger partial charge in [-0.2, -0.15) is 5.10 Å². The van der Waals surface area contributed by atoms with Crippen LogP contribution >= 0.6 is 11.6 Å². The Bertz CT molecular complexity index is 958. The molecule has 3 aromatic rings. The van der Waals surface area contributed by atoms with Gasteiger partial charge in [0.05, 0.1) is 22.8 Å². The molecule has 1 aliphatic heterocycles. The summed E-state index contributed by atoms with van der Waals surface area (Å²) in [6.45, 7) is 0. The third-order valence-corrected chi connectivity index (χ3v) is 4.49. The molecular formula is C19H15ClN4O. The third kappa shape index (κ3) is 2.98. The maximum Gasteiger partial charge on any atom is 0.258 e. The molecule has 5 nitrogen and oxygen atoms in total. The zero-order valence-electron chi connectivity index (χ0n) is 13.3. The van der Waals surface area contributed by atoms with Crippen molar-refractivity contribution < 1.29 is 4.79 Å². The first-order valence-corrected chi connectivity index (χ1v) is 8.51. The van der Waals surface area contributed by atoms with Gasteiger partial charge in [0, 0.05) is 18.8 Å². The lowest BCUT2D eigenvalue weighted by molar-refractivity contribution is -0.130. The van der Waals surface area contributed by atoms with Crippen molar-refractivity contribution in [3.05, 3.63) is 72.1 Å². The fraction of sp³-hybridized carbons (Fsp3) is 0.158. The number of carbonyl (C=O) groups excluding carboxylic acids is 1. The minimum atomic E-state index is -0.211. The molecule has 6 heteroatoms. The van der Waals surface area contributed by atoms with E-state index in [2.05, 4.69) is 15.1 Å². The van der Waals surface area contributed by atoms with Gasteiger partial charge in [0.1, 0.15) is 5.88 Å². The van der Waals surface area contributed by atoms with Crippen LogP contribution in [-0.2, 0) is 4.79 Å². The van der Waals surface area contributed by atoms with E-state index in [1.54, 1.807) is 12.4 Å². The molecule has 0 aliphatic carbocycles. The van der Waals surface area contributed by atoms with Crippen LogP contribution in [0.15, 0.2) is 66.0 Å². The molecule has 0 spiro atoms. The molecule has 0 bridgehead atoms. The Hall–Kier alpha value is -2.79. The molecule has 0 saturated carbocycles. The SMILES string of the molecule is O=C(CCl)N1N=C(c2ccccc2)CC1c1ccc2nccnc2c1. The summed E-state index contributed by atoms with van der Waals surface area (Å²) in [6, 6.07) is 15.5. The predicted octanol–water partition coefficient (Wildman–Crippen LogP) is 3.55. The van der Waals surface area contributed by atoms with Crippen LogP contribution in [0.2, 0.25) is 0 Å². The molecule has 4 rings (SSSR count). The van der Waals surface area contributed by atoms with Gasteiger partial charge in [-0.25, -0.2) is 5.01 Å². The minimum absolute atomic E-state index is 0.102. The Morgan fingerprint density at radius 2 is 1.84 bits per heavy atom. The van der Waals surface area contributed by atoms with Gasteiger partial charge in [-0.3, -0.25) is 14.8 Å². The first-order chi connectivity index (χ1) is 12.3. The normalized spacial score (nSPS) is 16.9. The number of hydrogen-bond donors (Lipinski definition) is 0. The highest BCUT2D eigenvalue weighted by atomic mass is 35.5. The van der Waals surface area contributed by atoms with Crippen LogP contribution in [0, 0.1) is 0 Å². The van der Waals surface area contributed by atoms with Crippen molar-refractivity contribution in [2.24, 2.45) is 5.10 Å². The summed E-state index contributed by atoms with van der Waals surface area (Å²) in [5.74, 6) is -0.313. The zero-order valence-corrected chi connectivity index (χ0v) is 14.1. The average molecular weight is 351 g/mol. The number of amides is 1. The highest BCUT2D eigenvalue weighted by molar-refractivity contribution is 6.27. The molecule has 0 saturated heterocycles. The van der Waals surface area contributed by atoms with Crippen molar-refractivity contribution in [3.63, 3.8) is 0 Å². The third-order valence-electron chi connectivity index (χ3n) is 4.27. The van der Waals surface area contributed by atoms with Crippen LogP contribution in [0.5, 0.6) is 0 Å². The number of rotatable bonds is 3. The van der Waals surface area contributed by atoms with Crippen LogP contribution in [0.3, 0.4) is 0 Å². The molecule has 1 atom stereocenters. The van der Waals surface area contributed by atoms with Crippen molar-refractivity contribution in [1.29, 1.82) is 0 Å². The molecule has 25 heavy (non-hydrogen) atoms. The van der Waals surface area contributed by atoms with Crippen LogP contribution in [0.25, 0.3) is 11.0 Å². The highest BCUT2D eigenvalue weighted by Crippen LogP contribution is 2.33. The van der Waals surface area contributed by atoms with E-state index in [0.29, 0.717) is 6.42 Å². The number of alkyl halides is 1. The van der Waals surface area contributed by atoms with Crippen LogP contribution in [0.4, 0.5) is 0 Å². The van der Waals surface area contributed by atoms with Gasteiger partial charge in [-0.05, 0) is 23.3 Å². The monoisotopic (exact) mass is 350 g/mol. The second kappa shape index (κ2) is 6.61. The number of fused-ring (bicyclic) bond motifs is 1. The molecule has 1 amide bonds. The van der Waals surface area contributed by atoms with E-state index in [0.717, 1.165) is 27.9 Å². The van der Waals surface area contributed by atoms with Crippen molar-refractivity contribution in [1.82, 2.24) is 15.0 Å². The van der Waals surface area contributed by atoms with Gasteiger partial charge in [0.25, 0.3) is 5.91 Å². The summed E-state index contributed by atoms with van der Waals surface area (Å²) in [6.07, 6.45) is 3.96. The van der Waals surface area contributed by atoms with Crippen LogP contribution in [0.1, 0.15) is 23.6 Å². The first kappa shape index (κ1) is 15.7. The fourth-order valence-electron chi connectivity index (χ4n) is 3.05. The molecule has 1 unspecified atom stereocenters. The maximum absolute atomic E-state index is 12.3. The lowest BCUT2D eigenvalue weighted by Gasteiger charge is -2.21. The summed E-state index contributed by atoms with van der Waals surface area (Å²) in [5, 5.41) is 6.04. The van der Waals surface area contributed by atoms with Gasteiger partial charge in [0.15, 0.2) is 0 Å². The van der Waals surface area contributed by atoms with Crippen molar-refractivity contribution in [3.8, 4) is 0 Å². The minimum Gasteiger partial charge on any atom is -0.272 e. The lowest BCUT2D eigenvalue weighted by Crippen LogP contribution is -2.27. The zero-order chi connectivity index (χ0) is 17.2. The smallest absolute Gasteiger partial charge is 0.258 e. The molecule has 2 aromatic carbocycles. The van der Waals surface area contributed by atoms with E-state index >= 15 is 0 Å². The van der Waals surface area contributed by atoms with Crippen molar-refractivity contribution in [2.75, 3.05) is 5.88 Å². The molecule has 0 radical (unpaired) electrons. The largest absolute Gasteiger partial charge is 0.272 e. The molecule has 2 heterocycles. The summed E-state index contributed by atoms with van der Waals surface area (Å²) in [7, 11) is 0. The van der Waals surface area contributed by atoms with Gasteiger partial charge in [-0.15, -0.1) is 11.6 Å². The maximum atomic E-state index is 12.3. The Labute approximate surface area is 150 Å². The molecule has 0 fully saturated rings. The van der Waals surface area contributed by atoms with Gasteiger partial charge in [0.2, 0.25) is 0 Å². The van der Waals surface area contributed by atoms with E-state index in [4.69, 9.17) is 11.6 Å². The predicted molar refractivity (Wildman–Crippen MR) is 97.4 cm³/mol. The number of benzene rings is 2. The summed E-state index contributed by atoms with van der Waals surface area (Å²) < 4.78 is 0. The second-order valence-corrected chi connectivity index (χ2v) is 6.08. The Morgan fingerprint density at radius 1 is 1.08 bits per heavy atom. The number of hydrogen-bond acceptors (Lipinski definition) is 4. The topological polar surface area (TPSA) is 58.5 Å². The van der Waals surface area contributed by atoms with Gasteiger partial charge >= 0.3 is 0 Å². The van der Waals surface area contributed by atoms with Crippen LogP contribution < -0.4 is 0 Å². The Kier molecular flexibility index (Phi) is 4.15. The van der Waals surface area contributed by atoms with Gasteiger partial charge in [-0.1, -0.05) is 36.4 Å². The van der Waals surface area contributed by atoms with E-state index in [1.807, 2.05) is 48.5 Å². The Balaban J connectivity index is 1.73. The van der Waals surface area contributed by atoms with Gasteiger partial charge < -0.3 is 0 Å². The number of carbonyl (C=O) groups is 1. The van der Waals surface area contributed by atoms with E-state index in [9.17, 15) is 4.79 Å². The van der Waals surface area contributed by atoms with Crippen molar-refractivity contribution in [2.45, 2.75) is 12.5 Å². The van der Waals surface area contributed by atoms with E-state index in [1.165, 1.54) is 5.01 Å². The standard InChI is InChI=1S/C19H15ClN4O/c20-12-19(25)24-18(11-16(23-24)13-4-2-1-3-5-13)14-6-7-15-17(10-14)22-9-8-21-15/h1-10,18H,11-12H2. The Morgan fingerprint density at radius 3 is 2.60 bits per heavy atom. The highest BCUT2D eigenvalue weighted by Gasteiger charge is 2.32. The first-order valence-electron chi connectivity index (χ1n) is 7.98. The number of aromatic nitrogens is 2. The quantitative estimate of drug-likeness (QED) is 0.679. The second-order valence-electron chi connectivity index (χ2n) is 5.81. The number of nitrogens with zero attached hydrogens (tertiary/aromatic N) is 4. The summed E-state index contributed by atoms with van der Waals surface area (Å²) >= 11 is 5.79. The molecule has 1 aromatic heterocycles. The lowest BCUT2D eigenvalue weighted by atomic mass is 9.98. The average Bonchev–Trinajstić information content (AvgIpc) is 3.13. The molecule has 124 valence electrons. The molecule has 0 N–H and O–H groups in total. The van der Waals surface area contributed by atoms with Crippen molar-refractivity contribution >= 4 is 34.3 Å². The fourth-order valence-corrected chi connectivity index (χ4v) is 3.18. The van der Waals surface area contributed by atoms with E-state index < -0.39 is 0 Å². The number of halogens is 1. The number of hydrazone groups is 1. The molecule has 1 aliphatic rings. The summed E-state index contributed by atoms with van der Waals surface area (Å²) in [5.41, 5.74) is 4.48. The van der Waals surface area contributed by atoms with Crippen LogP contribution in [-0.4, -0.2) is 32.5 Å². The molecular weight excluding hydrogens is 336 g/mol.